The molecule has 0 saturated heterocycles. The fourth-order valence-electron chi connectivity index (χ4n) is 0.961. The van der Waals surface area contributed by atoms with Crippen LogP contribution in [0.5, 0.6) is 0 Å². The van der Waals surface area contributed by atoms with Crippen molar-refractivity contribution in [2.24, 2.45) is 0 Å². The van der Waals surface area contributed by atoms with Gasteiger partial charge in [0.2, 0.25) is 0 Å². The number of esters is 2. The van der Waals surface area contributed by atoms with Gasteiger partial charge in [0, 0.05) is 5.25 Å². The first kappa shape index (κ1) is 19.4. The SMILES string of the molecule is CCC(C)SS/C=C/COC(=O)CC(=O)OC(C)(C)C. The number of ether oxygens (including phenoxy) is 2. The van der Waals surface area contributed by atoms with E-state index in [9.17, 15) is 9.59 Å². The molecule has 0 amide bonds. The molecule has 1 unspecified atom stereocenters. The van der Waals surface area contributed by atoms with Crippen LogP contribution in [0.15, 0.2) is 11.5 Å². The number of carbonyl (C=O) groups excluding carboxylic acids is 2. The molecule has 116 valence electrons. The highest BCUT2D eigenvalue weighted by Crippen LogP contribution is 2.28. The van der Waals surface area contributed by atoms with Gasteiger partial charge in [0.25, 0.3) is 0 Å². The van der Waals surface area contributed by atoms with Gasteiger partial charge in [0.05, 0.1) is 0 Å². The Bertz CT molecular complexity index is 335. The summed E-state index contributed by atoms with van der Waals surface area (Å²) in [5.41, 5.74) is -0.582. The van der Waals surface area contributed by atoms with Gasteiger partial charge >= 0.3 is 11.9 Å². The van der Waals surface area contributed by atoms with Gasteiger partial charge in [0.15, 0.2) is 0 Å². The number of carbonyl (C=O) groups is 2. The normalized spacial score (nSPS) is 13.2. The molecule has 20 heavy (non-hydrogen) atoms. The molecule has 4 nitrogen and oxygen atoms in total. The van der Waals surface area contributed by atoms with Crippen LogP contribution in [0.4, 0.5) is 0 Å². The molecule has 0 aliphatic heterocycles. The van der Waals surface area contributed by atoms with Crippen LogP contribution in [0, 0.1) is 0 Å². The van der Waals surface area contributed by atoms with Gasteiger partial charge in [-0.2, -0.15) is 0 Å². The van der Waals surface area contributed by atoms with E-state index in [0.29, 0.717) is 5.25 Å². The van der Waals surface area contributed by atoms with E-state index in [-0.39, 0.29) is 13.0 Å². The van der Waals surface area contributed by atoms with Crippen molar-refractivity contribution >= 4 is 33.5 Å². The molecular weight excluding hydrogens is 296 g/mol. The van der Waals surface area contributed by atoms with Crippen LogP contribution >= 0.6 is 21.6 Å². The van der Waals surface area contributed by atoms with E-state index >= 15 is 0 Å². The van der Waals surface area contributed by atoms with Gasteiger partial charge in [0.1, 0.15) is 18.6 Å². The molecule has 0 radical (unpaired) electrons. The van der Waals surface area contributed by atoms with Crippen molar-refractivity contribution in [3.8, 4) is 0 Å². The summed E-state index contributed by atoms with van der Waals surface area (Å²) < 4.78 is 9.94. The maximum absolute atomic E-state index is 11.4. The van der Waals surface area contributed by atoms with E-state index in [2.05, 4.69) is 13.8 Å². The van der Waals surface area contributed by atoms with Gasteiger partial charge < -0.3 is 9.47 Å². The van der Waals surface area contributed by atoms with Crippen LogP contribution in [0.3, 0.4) is 0 Å². The summed E-state index contributed by atoms with van der Waals surface area (Å²) in [5.74, 6) is -1.13. The number of hydrogen-bond acceptors (Lipinski definition) is 6. The van der Waals surface area contributed by atoms with Gasteiger partial charge in [-0.05, 0) is 38.7 Å². The zero-order chi connectivity index (χ0) is 15.6. The molecule has 0 rings (SSSR count). The van der Waals surface area contributed by atoms with Crippen molar-refractivity contribution in [3.05, 3.63) is 11.5 Å². The maximum atomic E-state index is 11.4. The van der Waals surface area contributed by atoms with Gasteiger partial charge in [-0.3, -0.25) is 9.59 Å². The minimum Gasteiger partial charge on any atom is -0.461 e. The Morgan fingerprint density at radius 2 is 1.90 bits per heavy atom. The lowest BCUT2D eigenvalue weighted by molar-refractivity contribution is -0.161. The Morgan fingerprint density at radius 3 is 2.45 bits per heavy atom. The highest BCUT2D eigenvalue weighted by atomic mass is 33.1. The van der Waals surface area contributed by atoms with Crippen LogP contribution in [0.1, 0.15) is 47.5 Å². The molecule has 0 heterocycles. The lowest BCUT2D eigenvalue weighted by atomic mass is 10.2. The highest BCUT2D eigenvalue weighted by molar-refractivity contribution is 8.78. The fourth-order valence-corrected chi connectivity index (χ4v) is 2.91. The van der Waals surface area contributed by atoms with E-state index in [1.54, 1.807) is 48.4 Å². The second-order valence-electron chi connectivity index (χ2n) is 5.23. The number of rotatable bonds is 8. The van der Waals surface area contributed by atoms with Crippen LogP contribution in [0.25, 0.3) is 0 Å². The van der Waals surface area contributed by atoms with Crippen molar-refractivity contribution in [2.75, 3.05) is 6.61 Å². The first-order chi connectivity index (χ1) is 9.24. The standard InChI is InChI=1S/C14H24O4S2/c1-6-11(2)20-19-9-7-8-17-12(15)10-13(16)18-14(3,4)5/h7,9,11H,6,8,10H2,1-5H3/b9-7+. The van der Waals surface area contributed by atoms with Crippen LogP contribution in [-0.4, -0.2) is 29.4 Å². The van der Waals surface area contributed by atoms with Crippen LogP contribution in [-0.2, 0) is 19.1 Å². The Hall–Kier alpha value is -0.620. The lowest BCUT2D eigenvalue weighted by Crippen LogP contribution is -2.25. The van der Waals surface area contributed by atoms with Crippen molar-refractivity contribution in [3.63, 3.8) is 0 Å². The van der Waals surface area contributed by atoms with E-state index in [1.165, 1.54) is 0 Å². The second kappa shape index (κ2) is 10.2. The van der Waals surface area contributed by atoms with E-state index < -0.39 is 17.5 Å². The monoisotopic (exact) mass is 320 g/mol. The fraction of sp³-hybridized carbons (Fsp3) is 0.714. The van der Waals surface area contributed by atoms with E-state index in [0.717, 1.165) is 6.42 Å². The van der Waals surface area contributed by atoms with Crippen LogP contribution < -0.4 is 0 Å². The van der Waals surface area contributed by atoms with Crippen molar-refractivity contribution in [1.29, 1.82) is 0 Å². The third-order valence-electron chi connectivity index (χ3n) is 2.00. The first-order valence-corrected chi connectivity index (χ1v) is 8.86. The lowest BCUT2D eigenvalue weighted by Gasteiger charge is -2.18. The summed E-state index contributed by atoms with van der Waals surface area (Å²) in [5, 5.41) is 2.48. The predicted octanol–water partition coefficient (Wildman–Crippen LogP) is 3.96. The van der Waals surface area contributed by atoms with Crippen molar-refractivity contribution in [1.82, 2.24) is 0 Å². The van der Waals surface area contributed by atoms with Gasteiger partial charge in [-0.15, -0.1) is 0 Å². The van der Waals surface area contributed by atoms with E-state index in [4.69, 9.17) is 9.47 Å². The topological polar surface area (TPSA) is 52.6 Å². The average Bonchev–Trinajstić information content (AvgIpc) is 2.30. The zero-order valence-electron chi connectivity index (χ0n) is 12.8. The Morgan fingerprint density at radius 1 is 1.25 bits per heavy atom. The summed E-state index contributed by atoms with van der Waals surface area (Å²) in [6.07, 6.45) is 2.53. The number of hydrogen-bond donors (Lipinski definition) is 0. The maximum Gasteiger partial charge on any atom is 0.317 e. The summed E-state index contributed by atoms with van der Waals surface area (Å²) in [6.45, 7) is 9.74. The molecule has 0 bridgehead atoms. The Labute approximate surface area is 129 Å². The summed E-state index contributed by atoms with van der Waals surface area (Å²) >= 11 is 0. The molecule has 0 fully saturated rings. The third-order valence-corrected chi connectivity index (χ3v) is 4.72. The minimum atomic E-state index is -0.582. The van der Waals surface area contributed by atoms with Crippen LogP contribution in [0.2, 0.25) is 0 Å². The molecular formula is C14H24O4S2. The highest BCUT2D eigenvalue weighted by Gasteiger charge is 2.19. The minimum absolute atomic E-state index is 0.176. The van der Waals surface area contributed by atoms with Gasteiger partial charge in [-0.25, -0.2) is 0 Å². The Balaban J connectivity index is 3.73. The predicted molar refractivity (Wildman–Crippen MR) is 85.5 cm³/mol. The van der Waals surface area contributed by atoms with E-state index in [1.807, 2.05) is 5.41 Å². The molecule has 0 aromatic rings. The molecule has 0 spiro atoms. The third kappa shape index (κ3) is 12.4. The van der Waals surface area contributed by atoms with Crippen molar-refractivity contribution < 1.29 is 19.1 Å². The Kier molecular flexibility index (Phi) is 9.84. The van der Waals surface area contributed by atoms with Crippen molar-refractivity contribution in [2.45, 2.75) is 58.3 Å². The average molecular weight is 320 g/mol. The second-order valence-corrected chi connectivity index (χ2v) is 7.85. The molecule has 0 saturated carbocycles. The summed E-state index contributed by atoms with van der Waals surface area (Å²) in [7, 11) is 3.38. The smallest absolute Gasteiger partial charge is 0.317 e. The van der Waals surface area contributed by atoms with Gasteiger partial charge in [-0.1, -0.05) is 35.4 Å². The molecule has 0 aromatic carbocycles. The largest absolute Gasteiger partial charge is 0.461 e. The molecule has 0 aliphatic rings. The first-order valence-electron chi connectivity index (χ1n) is 6.59. The molecule has 1 atom stereocenters. The zero-order valence-corrected chi connectivity index (χ0v) is 14.4. The summed E-state index contributed by atoms with van der Waals surface area (Å²) in [6, 6.07) is 0. The molecule has 0 N–H and O–H groups in total. The molecule has 0 aromatic heterocycles. The molecule has 6 heteroatoms. The molecule has 0 aliphatic carbocycles. The summed E-state index contributed by atoms with van der Waals surface area (Å²) in [4.78, 5) is 22.7. The quantitative estimate of drug-likeness (QED) is 0.383.